The Morgan fingerprint density at radius 3 is 2.92 bits per heavy atom. The van der Waals surface area contributed by atoms with Crippen LogP contribution in [0.5, 0.6) is 0 Å². The van der Waals surface area contributed by atoms with Gasteiger partial charge in [0.2, 0.25) is 5.91 Å². The molecule has 1 N–H and O–H groups in total. The van der Waals surface area contributed by atoms with E-state index < -0.39 is 0 Å². The molecule has 25 heavy (non-hydrogen) atoms. The lowest BCUT2D eigenvalue weighted by Gasteiger charge is -2.25. The summed E-state index contributed by atoms with van der Waals surface area (Å²) in [6.45, 7) is 4.78. The van der Waals surface area contributed by atoms with Crippen molar-refractivity contribution in [2.45, 2.75) is 26.2 Å². The molecule has 1 amide bonds. The lowest BCUT2D eigenvalue weighted by molar-refractivity contribution is -0.116. The predicted octanol–water partition coefficient (Wildman–Crippen LogP) is 3.10. The fourth-order valence-corrected chi connectivity index (χ4v) is 3.12. The number of aromatic nitrogens is 2. The summed E-state index contributed by atoms with van der Waals surface area (Å²) in [7, 11) is 1.94. The minimum atomic E-state index is 0.0790. The number of anilines is 1. The molecule has 1 aliphatic heterocycles. The number of hydrogen-bond donors (Lipinski definition) is 1. The van der Waals surface area contributed by atoms with E-state index in [1.807, 2.05) is 36.1 Å². The second-order valence-electron chi connectivity index (χ2n) is 6.53. The fraction of sp³-hybridized carbons (Fsp3) is 0.400. The number of hydrogen-bond acceptors (Lipinski definition) is 3. The van der Waals surface area contributed by atoms with Crippen LogP contribution in [0.3, 0.4) is 0 Å². The van der Waals surface area contributed by atoms with Gasteiger partial charge >= 0.3 is 0 Å². The number of amides is 1. The molecule has 0 atom stereocenters. The van der Waals surface area contributed by atoms with Crippen LogP contribution >= 0.6 is 0 Å². The van der Waals surface area contributed by atoms with Crippen LogP contribution in [-0.4, -0.2) is 40.2 Å². The zero-order valence-electron chi connectivity index (χ0n) is 15.0. The molecule has 1 aromatic heterocycles. The normalized spacial score (nSPS) is 15.0. The van der Waals surface area contributed by atoms with Gasteiger partial charge in [-0.3, -0.25) is 14.4 Å². The molecule has 132 valence electrons. The third kappa shape index (κ3) is 4.79. The number of benzene rings is 1. The van der Waals surface area contributed by atoms with E-state index in [4.69, 9.17) is 0 Å². The zero-order valence-corrected chi connectivity index (χ0v) is 15.0. The molecular weight excluding hydrogens is 312 g/mol. The van der Waals surface area contributed by atoms with Crippen molar-refractivity contribution in [3.8, 4) is 0 Å². The molecule has 2 aromatic rings. The maximum atomic E-state index is 12.2. The van der Waals surface area contributed by atoms with E-state index in [2.05, 4.69) is 40.6 Å². The Balaban J connectivity index is 1.46. The highest BCUT2D eigenvalue weighted by Gasteiger charge is 2.15. The van der Waals surface area contributed by atoms with Crippen molar-refractivity contribution in [3.63, 3.8) is 0 Å². The van der Waals surface area contributed by atoms with E-state index >= 15 is 0 Å². The molecule has 5 nitrogen and oxygen atoms in total. The monoisotopic (exact) mass is 338 g/mol. The molecule has 0 aliphatic carbocycles. The average molecular weight is 338 g/mol. The molecule has 0 bridgehead atoms. The van der Waals surface area contributed by atoms with Crippen LogP contribution in [0.2, 0.25) is 0 Å². The van der Waals surface area contributed by atoms with Crippen LogP contribution in [0.15, 0.2) is 42.7 Å². The van der Waals surface area contributed by atoms with Crippen molar-refractivity contribution in [1.29, 1.82) is 0 Å². The Morgan fingerprint density at radius 2 is 2.24 bits per heavy atom. The van der Waals surface area contributed by atoms with Crippen LogP contribution < -0.4 is 5.32 Å². The highest BCUT2D eigenvalue weighted by molar-refractivity contribution is 5.90. The molecule has 1 aromatic carbocycles. The summed E-state index contributed by atoms with van der Waals surface area (Å²) < 4.78 is 1.83. The van der Waals surface area contributed by atoms with Crippen LogP contribution in [0, 0.1) is 0 Å². The van der Waals surface area contributed by atoms with Gasteiger partial charge in [-0.2, -0.15) is 5.10 Å². The second kappa shape index (κ2) is 8.12. The first-order valence-corrected chi connectivity index (χ1v) is 8.93. The highest BCUT2D eigenvalue weighted by atomic mass is 16.1. The molecule has 2 heterocycles. The Hall–Kier alpha value is -2.40. The van der Waals surface area contributed by atoms with Gasteiger partial charge in [0.1, 0.15) is 0 Å². The minimum absolute atomic E-state index is 0.0790. The van der Waals surface area contributed by atoms with Crippen molar-refractivity contribution in [2.24, 2.45) is 7.05 Å². The summed E-state index contributed by atoms with van der Waals surface area (Å²) in [4.78, 5) is 14.5. The molecule has 0 unspecified atom stereocenters. The standard InChI is InChI=1S/C20H26N4O/c1-3-16-5-4-6-19(13-16)22-20(25)9-12-24-10-7-17(8-11-24)18-14-21-23(2)15-18/h4-7,13-15H,3,8-12H2,1-2H3,(H,22,25). The van der Waals surface area contributed by atoms with Crippen molar-refractivity contribution in [3.05, 3.63) is 53.9 Å². The summed E-state index contributed by atoms with van der Waals surface area (Å²) in [5.41, 5.74) is 4.68. The first-order chi connectivity index (χ1) is 12.1. The van der Waals surface area contributed by atoms with Gasteiger partial charge in [0.25, 0.3) is 0 Å². The molecule has 5 heteroatoms. The van der Waals surface area contributed by atoms with Gasteiger partial charge in [-0.15, -0.1) is 0 Å². The van der Waals surface area contributed by atoms with Gasteiger partial charge in [-0.25, -0.2) is 0 Å². The van der Waals surface area contributed by atoms with E-state index in [0.29, 0.717) is 6.42 Å². The zero-order chi connectivity index (χ0) is 17.6. The van der Waals surface area contributed by atoms with Gasteiger partial charge < -0.3 is 5.32 Å². The lowest BCUT2D eigenvalue weighted by Crippen LogP contribution is -2.31. The molecule has 3 rings (SSSR count). The lowest BCUT2D eigenvalue weighted by atomic mass is 10.0. The number of nitrogens with one attached hydrogen (secondary N) is 1. The van der Waals surface area contributed by atoms with E-state index in [0.717, 1.165) is 38.2 Å². The summed E-state index contributed by atoms with van der Waals surface area (Å²) >= 11 is 0. The molecule has 0 radical (unpaired) electrons. The van der Waals surface area contributed by atoms with E-state index in [9.17, 15) is 4.79 Å². The molecular formula is C20H26N4O. The molecule has 0 saturated heterocycles. The van der Waals surface area contributed by atoms with Crippen LogP contribution in [0.4, 0.5) is 5.69 Å². The van der Waals surface area contributed by atoms with Crippen LogP contribution in [0.25, 0.3) is 5.57 Å². The number of carbonyl (C=O) groups excluding carboxylic acids is 1. The summed E-state index contributed by atoms with van der Waals surface area (Å²) in [5, 5.41) is 7.23. The first kappa shape index (κ1) is 17.4. The molecule has 1 aliphatic rings. The highest BCUT2D eigenvalue weighted by Crippen LogP contribution is 2.21. The number of rotatable bonds is 6. The van der Waals surface area contributed by atoms with Gasteiger partial charge in [0.15, 0.2) is 0 Å². The van der Waals surface area contributed by atoms with E-state index in [-0.39, 0.29) is 5.91 Å². The van der Waals surface area contributed by atoms with Gasteiger partial charge in [-0.05, 0) is 36.1 Å². The van der Waals surface area contributed by atoms with Gasteiger partial charge in [0.05, 0.1) is 6.20 Å². The van der Waals surface area contributed by atoms with Crippen molar-refractivity contribution in [1.82, 2.24) is 14.7 Å². The third-order valence-electron chi connectivity index (χ3n) is 4.64. The van der Waals surface area contributed by atoms with Crippen LogP contribution in [0.1, 0.15) is 30.9 Å². The topological polar surface area (TPSA) is 50.2 Å². The second-order valence-corrected chi connectivity index (χ2v) is 6.53. The summed E-state index contributed by atoms with van der Waals surface area (Å²) in [6.07, 6.45) is 8.73. The predicted molar refractivity (Wildman–Crippen MR) is 101 cm³/mol. The van der Waals surface area contributed by atoms with Gasteiger partial charge in [0, 0.05) is 50.6 Å². The van der Waals surface area contributed by atoms with Crippen molar-refractivity contribution in [2.75, 3.05) is 25.0 Å². The largest absolute Gasteiger partial charge is 0.326 e. The third-order valence-corrected chi connectivity index (χ3v) is 4.64. The molecule has 0 spiro atoms. The Kier molecular flexibility index (Phi) is 5.66. The smallest absolute Gasteiger partial charge is 0.225 e. The summed E-state index contributed by atoms with van der Waals surface area (Å²) in [5.74, 6) is 0.0790. The molecule has 0 saturated carbocycles. The maximum Gasteiger partial charge on any atom is 0.225 e. The SMILES string of the molecule is CCc1cccc(NC(=O)CCN2CC=C(c3cnn(C)c3)CC2)c1. The van der Waals surface area contributed by atoms with Crippen LogP contribution in [-0.2, 0) is 18.3 Å². The maximum absolute atomic E-state index is 12.2. The van der Waals surface area contributed by atoms with E-state index in [1.165, 1.54) is 16.7 Å². The quantitative estimate of drug-likeness (QED) is 0.880. The number of carbonyl (C=O) groups is 1. The van der Waals surface area contributed by atoms with E-state index in [1.54, 1.807) is 0 Å². The number of aryl methyl sites for hydroxylation is 2. The van der Waals surface area contributed by atoms with Crippen molar-refractivity contribution < 1.29 is 4.79 Å². The fourth-order valence-electron chi connectivity index (χ4n) is 3.12. The molecule has 0 fully saturated rings. The Bertz CT molecular complexity index is 763. The van der Waals surface area contributed by atoms with Gasteiger partial charge in [-0.1, -0.05) is 25.1 Å². The average Bonchev–Trinajstić information content (AvgIpc) is 3.07. The number of nitrogens with zero attached hydrogens (tertiary/aromatic N) is 3. The Morgan fingerprint density at radius 1 is 1.36 bits per heavy atom. The Labute approximate surface area is 149 Å². The van der Waals surface area contributed by atoms with Crippen molar-refractivity contribution >= 4 is 17.2 Å². The first-order valence-electron chi connectivity index (χ1n) is 8.93. The summed E-state index contributed by atoms with van der Waals surface area (Å²) in [6, 6.07) is 8.06. The minimum Gasteiger partial charge on any atom is -0.326 e.